The molecule has 1 saturated carbocycles. The van der Waals surface area contributed by atoms with Crippen molar-refractivity contribution >= 4 is 39.3 Å². The quantitative estimate of drug-likeness (QED) is 0.468. The fourth-order valence-electron chi connectivity index (χ4n) is 8.19. The molecular formula is C37H49ClN4O7S. The van der Waals surface area contributed by atoms with E-state index in [1.165, 1.54) is 30.1 Å². The molecule has 2 aromatic rings. The zero-order valence-corrected chi connectivity index (χ0v) is 31.2. The fraction of sp³-hybridized carbons (Fsp3) is 0.568. The average Bonchev–Trinajstić information content (AvgIpc) is 3.23. The summed E-state index contributed by atoms with van der Waals surface area (Å²) in [6, 6.07) is 11.1. The number of halogens is 1. The summed E-state index contributed by atoms with van der Waals surface area (Å²) in [7, 11) is 2.80. The Balaban J connectivity index is 1.50. The predicted molar refractivity (Wildman–Crippen MR) is 193 cm³/mol. The van der Waals surface area contributed by atoms with E-state index >= 15 is 0 Å². The second-order valence-electron chi connectivity index (χ2n) is 14.6. The number of carbonyl (C=O) groups is 2. The van der Waals surface area contributed by atoms with E-state index in [1.807, 2.05) is 12.1 Å². The Morgan fingerprint density at radius 2 is 1.92 bits per heavy atom. The van der Waals surface area contributed by atoms with Crippen LogP contribution in [0.4, 0.5) is 5.69 Å². The molecule has 1 fully saturated rings. The maximum absolute atomic E-state index is 14.2. The molecule has 0 saturated heterocycles. The van der Waals surface area contributed by atoms with Crippen molar-refractivity contribution in [3.8, 4) is 5.75 Å². The number of likely N-dealkylation sites (N-methyl/N-ethyl adjacent to an activating group) is 1. The van der Waals surface area contributed by atoms with Crippen LogP contribution in [0.3, 0.4) is 0 Å². The molecule has 2 aliphatic heterocycles. The number of aryl methyl sites for hydroxylation is 1. The van der Waals surface area contributed by atoms with E-state index in [-0.39, 0.29) is 23.0 Å². The molecule has 1 N–H and O–H groups in total. The molecule has 0 unspecified atom stereocenters. The second-order valence-corrected chi connectivity index (χ2v) is 17.2. The lowest BCUT2D eigenvalue weighted by molar-refractivity contribution is -0.153. The minimum Gasteiger partial charge on any atom is -0.490 e. The van der Waals surface area contributed by atoms with Gasteiger partial charge in [0, 0.05) is 65.4 Å². The maximum atomic E-state index is 14.2. The summed E-state index contributed by atoms with van der Waals surface area (Å²) >= 11 is 6.45. The molecule has 0 radical (unpaired) electrons. The SMILES string of the molecule is CO[C@H]1/C=C\CCN(C)C(=O)C[C@](O)(C(=O)N(C)S(=O)(=O)N(C)C)c2ccc3c(c2)N(C[C@@H]2CC[C@H]21)C[C@@]1(CCCc2cc(Cl)ccc21)CO3. The highest BCUT2D eigenvalue weighted by molar-refractivity contribution is 7.87. The number of carbonyl (C=O) groups excluding carboxylic acids is 2. The van der Waals surface area contributed by atoms with Gasteiger partial charge < -0.3 is 24.4 Å². The Bertz CT molecular complexity index is 1770. The molecule has 2 heterocycles. The summed E-state index contributed by atoms with van der Waals surface area (Å²) < 4.78 is 40.4. The number of rotatable bonds is 4. The highest BCUT2D eigenvalue weighted by Gasteiger charge is 2.48. The molecule has 0 aromatic heterocycles. The third kappa shape index (κ3) is 6.65. The molecule has 50 heavy (non-hydrogen) atoms. The lowest BCUT2D eigenvalue weighted by atomic mass is 9.68. The first kappa shape index (κ1) is 36.6. The van der Waals surface area contributed by atoms with Crippen LogP contribution in [0.15, 0.2) is 48.6 Å². The fourth-order valence-corrected chi connectivity index (χ4v) is 9.24. The topological polar surface area (TPSA) is 120 Å². The molecule has 2 aliphatic carbocycles. The Hall–Kier alpha value is -3.16. The smallest absolute Gasteiger partial charge is 0.305 e. The number of ether oxygens (including phenoxy) is 2. The highest BCUT2D eigenvalue weighted by atomic mass is 35.5. The molecule has 272 valence electrons. The Morgan fingerprint density at radius 3 is 2.62 bits per heavy atom. The van der Waals surface area contributed by atoms with E-state index in [0.29, 0.717) is 59.3 Å². The van der Waals surface area contributed by atoms with Crippen LogP contribution in [0.5, 0.6) is 5.75 Å². The molecular weight excluding hydrogens is 680 g/mol. The first-order valence-corrected chi connectivity index (χ1v) is 19.2. The van der Waals surface area contributed by atoms with Crippen LogP contribution in [-0.2, 0) is 42.0 Å². The van der Waals surface area contributed by atoms with Crippen LogP contribution >= 0.6 is 11.6 Å². The molecule has 2 amide bonds. The van der Waals surface area contributed by atoms with Gasteiger partial charge in [0.1, 0.15) is 5.75 Å². The van der Waals surface area contributed by atoms with Crippen molar-refractivity contribution in [3.05, 3.63) is 70.3 Å². The van der Waals surface area contributed by atoms with Gasteiger partial charge in [-0.1, -0.05) is 35.9 Å². The third-order valence-corrected chi connectivity index (χ3v) is 13.4. The summed E-state index contributed by atoms with van der Waals surface area (Å²) in [6.07, 6.45) is 8.81. The van der Waals surface area contributed by atoms with Gasteiger partial charge in [-0.15, -0.1) is 0 Å². The predicted octanol–water partition coefficient (Wildman–Crippen LogP) is 4.12. The second kappa shape index (κ2) is 14.1. The lowest BCUT2D eigenvalue weighted by Gasteiger charge is -2.46. The first-order valence-electron chi connectivity index (χ1n) is 17.4. The summed E-state index contributed by atoms with van der Waals surface area (Å²) in [4.78, 5) is 31.6. The van der Waals surface area contributed by atoms with Crippen molar-refractivity contribution in [2.45, 2.75) is 62.1 Å². The number of anilines is 1. The van der Waals surface area contributed by atoms with Crippen LogP contribution in [0.2, 0.25) is 5.02 Å². The van der Waals surface area contributed by atoms with E-state index in [2.05, 4.69) is 23.1 Å². The van der Waals surface area contributed by atoms with Crippen LogP contribution < -0.4 is 9.64 Å². The number of amides is 2. The number of nitrogens with zero attached hydrogens (tertiary/aromatic N) is 4. The van der Waals surface area contributed by atoms with Gasteiger partial charge in [-0.2, -0.15) is 12.7 Å². The molecule has 2 bridgehead atoms. The van der Waals surface area contributed by atoms with Gasteiger partial charge in [0.15, 0.2) is 5.60 Å². The van der Waals surface area contributed by atoms with Crippen molar-refractivity contribution in [1.29, 1.82) is 0 Å². The number of fused-ring (bicyclic) bond motifs is 4. The van der Waals surface area contributed by atoms with Gasteiger partial charge >= 0.3 is 10.2 Å². The van der Waals surface area contributed by atoms with Crippen LogP contribution in [-0.4, -0.2) is 106 Å². The molecule has 2 aromatic carbocycles. The standard InChI is InChI=1S/C37H49ClN4O7S/c1-39(2)50(46,47)41(4)35(44)37(45)21-34(43)40(3)18-7-6-10-32(48-5)29-14-11-26(29)22-42-23-36(24-49-33-16-12-27(37)20-31(33)42)17-8-9-25-19-28(38)13-15-30(25)36/h6,10,12-13,15-16,19-20,26,29,32,45H,7-9,11,14,17-18,21-24H2,1-5H3/b10-6-/t26-,29+,32-,36-,37+/m0/s1. The Morgan fingerprint density at radius 1 is 1.14 bits per heavy atom. The van der Waals surface area contributed by atoms with Crippen LogP contribution in [0.1, 0.15) is 55.2 Å². The van der Waals surface area contributed by atoms with Crippen molar-refractivity contribution < 1.29 is 32.6 Å². The first-order chi connectivity index (χ1) is 23.7. The third-order valence-electron chi connectivity index (χ3n) is 11.4. The summed E-state index contributed by atoms with van der Waals surface area (Å²) in [5.74, 6) is -0.431. The summed E-state index contributed by atoms with van der Waals surface area (Å²) in [6.45, 7) is 2.08. The van der Waals surface area contributed by atoms with Gasteiger partial charge in [-0.25, -0.2) is 4.31 Å². The van der Waals surface area contributed by atoms with E-state index in [4.69, 9.17) is 21.1 Å². The number of benzene rings is 2. The van der Waals surface area contributed by atoms with Crippen LogP contribution in [0, 0.1) is 11.8 Å². The minimum absolute atomic E-state index is 0.0694. The van der Waals surface area contributed by atoms with Crippen molar-refractivity contribution in [2.75, 3.05) is 66.4 Å². The molecule has 11 nitrogen and oxygen atoms in total. The maximum Gasteiger partial charge on any atom is 0.305 e. The average molecular weight is 729 g/mol. The Kier molecular flexibility index (Phi) is 10.3. The van der Waals surface area contributed by atoms with Gasteiger partial charge in [0.05, 0.1) is 24.8 Å². The van der Waals surface area contributed by atoms with Crippen LogP contribution in [0.25, 0.3) is 0 Å². The van der Waals surface area contributed by atoms with Gasteiger partial charge in [-0.05, 0) is 91.3 Å². The lowest BCUT2D eigenvalue weighted by Crippen LogP contribution is -2.52. The summed E-state index contributed by atoms with van der Waals surface area (Å²) in [5.41, 5.74) is 0.404. The van der Waals surface area contributed by atoms with E-state index in [1.54, 1.807) is 32.4 Å². The number of aliphatic hydroxyl groups is 1. The number of methoxy groups -OCH3 is 1. The van der Waals surface area contributed by atoms with E-state index in [9.17, 15) is 23.1 Å². The van der Waals surface area contributed by atoms with Gasteiger partial charge in [-0.3, -0.25) is 9.59 Å². The van der Waals surface area contributed by atoms with Gasteiger partial charge in [0.25, 0.3) is 5.91 Å². The largest absolute Gasteiger partial charge is 0.490 e. The van der Waals surface area contributed by atoms with Crippen molar-refractivity contribution in [2.24, 2.45) is 11.8 Å². The summed E-state index contributed by atoms with van der Waals surface area (Å²) in [5, 5.41) is 13.1. The monoisotopic (exact) mass is 728 g/mol. The molecule has 13 heteroatoms. The normalized spacial score (nSPS) is 29.4. The molecule has 1 spiro atoms. The highest BCUT2D eigenvalue weighted by Crippen LogP contribution is 2.48. The molecule has 5 atom stereocenters. The zero-order valence-electron chi connectivity index (χ0n) is 29.6. The van der Waals surface area contributed by atoms with Crippen molar-refractivity contribution in [3.63, 3.8) is 0 Å². The van der Waals surface area contributed by atoms with Gasteiger partial charge in [0.2, 0.25) is 5.91 Å². The molecule has 6 rings (SSSR count). The number of hydrogen-bond donors (Lipinski definition) is 1. The van der Waals surface area contributed by atoms with E-state index in [0.717, 1.165) is 43.5 Å². The van der Waals surface area contributed by atoms with Crippen molar-refractivity contribution in [1.82, 2.24) is 13.5 Å². The van der Waals surface area contributed by atoms with E-state index < -0.39 is 34.0 Å². The number of hydrogen-bond acceptors (Lipinski definition) is 8. The zero-order chi connectivity index (χ0) is 36.0. The minimum atomic E-state index is -4.27. The Labute approximate surface area is 300 Å². The molecule has 4 aliphatic rings.